The van der Waals surface area contributed by atoms with E-state index in [-0.39, 0.29) is 42.2 Å². The van der Waals surface area contributed by atoms with E-state index in [1.54, 1.807) is 31.6 Å². The molecule has 0 bridgehead atoms. The first-order valence-electron chi connectivity index (χ1n) is 13.9. The predicted molar refractivity (Wildman–Crippen MR) is 154 cm³/mol. The second-order valence-corrected chi connectivity index (χ2v) is 11.0. The van der Waals surface area contributed by atoms with Crippen LogP contribution in [0.25, 0.3) is 21.8 Å². The third kappa shape index (κ3) is 5.64. The highest BCUT2D eigenvalue weighted by Gasteiger charge is 2.25. The molecule has 4 heterocycles. The normalized spacial score (nSPS) is 21.2. The van der Waals surface area contributed by atoms with Gasteiger partial charge in [0.2, 0.25) is 5.91 Å². The van der Waals surface area contributed by atoms with Crippen LogP contribution in [0.4, 0.5) is 15.8 Å². The van der Waals surface area contributed by atoms with E-state index < -0.39 is 11.7 Å². The third-order valence-corrected chi connectivity index (χ3v) is 7.52. The van der Waals surface area contributed by atoms with Gasteiger partial charge in [0.05, 0.1) is 17.1 Å². The first-order chi connectivity index (χ1) is 19.7. The summed E-state index contributed by atoms with van der Waals surface area (Å²) in [4.78, 5) is 36.8. The van der Waals surface area contributed by atoms with Crippen LogP contribution in [0.15, 0.2) is 36.7 Å². The summed E-state index contributed by atoms with van der Waals surface area (Å²) in [6.07, 6.45) is 5.51. The molecule has 2 saturated heterocycles. The van der Waals surface area contributed by atoms with Crippen LogP contribution in [0, 0.1) is 5.82 Å². The Morgan fingerprint density at radius 3 is 2.78 bits per heavy atom. The molecule has 0 radical (unpaired) electrons. The first kappa shape index (κ1) is 26.9. The van der Waals surface area contributed by atoms with Crippen LogP contribution in [0.5, 0.6) is 6.01 Å². The van der Waals surface area contributed by atoms with Gasteiger partial charge in [-0.05, 0) is 51.0 Å². The lowest BCUT2D eigenvalue weighted by Gasteiger charge is -2.38. The van der Waals surface area contributed by atoms with E-state index in [4.69, 9.17) is 4.74 Å². The molecule has 214 valence electrons. The molecule has 0 spiro atoms. The number of hydrogen-bond acceptors (Lipinski definition) is 8. The number of piperazine rings is 1. The molecule has 2 aromatic carbocycles. The molecule has 41 heavy (non-hydrogen) atoms. The summed E-state index contributed by atoms with van der Waals surface area (Å²) >= 11 is 0. The molecule has 3 N–H and O–H groups in total. The molecular weight excluding hydrogens is 527 g/mol. The van der Waals surface area contributed by atoms with Crippen molar-refractivity contribution in [1.82, 2.24) is 30.4 Å². The van der Waals surface area contributed by atoms with Crippen molar-refractivity contribution >= 4 is 45.0 Å². The number of fused-ring (bicyclic) bond motifs is 2. The van der Waals surface area contributed by atoms with Gasteiger partial charge in [0.25, 0.3) is 5.91 Å². The van der Waals surface area contributed by atoms with Gasteiger partial charge in [-0.15, -0.1) is 0 Å². The molecule has 6 rings (SSSR count). The van der Waals surface area contributed by atoms with Crippen molar-refractivity contribution in [2.75, 3.05) is 29.9 Å². The fraction of sp³-hybridized carbons (Fsp3) is 0.414. The van der Waals surface area contributed by atoms with Gasteiger partial charge in [0, 0.05) is 73.2 Å². The van der Waals surface area contributed by atoms with Crippen molar-refractivity contribution in [2.24, 2.45) is 7.05 Å². The summed E-state index contributed by atoms with van der Waals surface area (Å²) in [7, 11) is 1.72. The van der Waals surface area contributed by atoms with E-state index in [2.05, 4.69) is 49.8 Å². The number of benzene rings is 2. The molecule has 3 atom stereocenters. The molecule has 2 aliphatic rings. The Kier molecular flexibility index (Phi) is 7.16. The molecule has 1 unspecified atom stereocenters. The molecule has 11 nitrogen and oxygen atoms in total. The molecule has 2 aliphatic heterocycles. The second-order valence-electron chi connectivity index (χ2n) is 11.0. The smallest absolute Gasteiger partial charge is 0.317 e. The van der Waals surface area contributed by atoms with Gasteiger partial charge in [-0.2, -0.15) is 10.1 Å². The fourth-order valence-corrected chi connectivity index (χ4v) is 5.81. The Morgan fingerprint density at radius 2 is 2.00 bits per heavy atom. The molecule has 0 saturated carbocycles. The summed E-state index contributed by atoms with van der Waals surface area (Å²) in [5, 5.41) is 14.7. The zero-order valence-corrected chi connectivity index (χ0v) is 23.3. The maximum Gasteiger partial charge on any atom is 0.317 e. The summed E-state index contributed by atoms with van der Waals surface area (Å²) in [5.41, 5.74) is 2.21. The Balaban J connectivity index is 1.34. The number of carbonyl (C=O) groups excluding carboxylic acids is 2. The van der Waals surface area contributed by atoms with Gasteiger partial charge in [-0.25, -0.2) is 9.37 Å². The molecule has 12 heteroatoms. The monoisotopic (exact) mass is 560 g/mol. The highest BCUT2D eigenvalue weighted by Crippen LogP contribution is 2.31. The van der Waals surface area contributed by atoms with E-state index in [1.165, 1.54) is 10.7 Å². The summed E-state index contributed by atoms with van der Waals surface area (Å²) in [5.74, 6) is -0.947. The van der Waals surface area contributed by atoms with E-state index >= 15 is 0 Å². The lowest BCUT2D eigenvalue weighted by Crippen LogP contribution is -2.54. The van der Waals surface area contributed by atoms with E-state index in [0.717, 1.165) is 31.6 Å². The van der Waals surface area contributed by atoms with Gasteiger partial charge < -0.3 is 25.6 Å². The zero-order chi connectivity index (χ0) is 28.7. The number of ether oxygens (including phenoxy) is 1. The van der Waals surface area contributed by atoms with E-state index in [1.807, 2.05) is 6.07 Å². The number of aryl methyl sites for hydroxylation is 1. The number of amides is 2. The number of piperidine rings is 1. The fourth-order valence-electron chi connectivity index (χ4n) is 5.81. The SMILES string of the molecule is C[C@@H]1CN(c2ccc(C(=O)Nc3cc(F)c4nn(C)cc4c3)c3nc(OCC4CCCC(=O)N4)ncc23)C[C@@H](C)N1. The van der Waals surface area contributed by atoms with E-state index in [0.29, 0.717) is 34.0 Å². The third-order valence-electron chi connectivity index (χ3n) is 7.52. The van der Waals surface area contributed by atoms with Crippen molar-refractivity contribution in [3.05, 3.63) is 48.0 Å². The number of carbonyl (C=O) groups is 2. The lowest BCUT2D eigenvalue weighted by molar-refractivity contribution is -0.123. The average Bonchev–Trinajstić information content (AvgIpc) is 3.31. The highest BCUT2D eigenvalue weighted by atomic mass is 19.1. The number of rotatable bonds is 6. The van der Waals surface area contributed by atoms with Gasteiger partial charge >= 0.3 is 6.01 Å². The van der Waals surface area contributed by atoms with Crippen LogP contribution in [0.3, 0.4) is 0 Å². The minimum Gasteiger partial charge on any atom is -0.461 e. The Morgan fingerprint density at radius 1 is 1.20 bits per heavy atom. The van der Waals surface area contributed by atoms with Crippen molar-refractivity contribution in [3.63, 3.8) is 0 Å². The molecule has 2 fully saturated rings. The largest absolute Gasteiger partial charge is 0.461 e. The van der Waals surface area contributed by atoms with Gasteiger partial charge in [-0.3, -0.25) is 14.3 Å². The Labute approximate surface area is 236 Å². The summed E-state index contributed by atoms with van der Waals surface area (Å²) < 4.78 is 22.1. The van der Waals surface area contributed by atoms with Crippen LogP contribution in [0.1, 0.15) is 43.5 Å². The maximum absolute atomic E-state index is 14.7. The van der Waals surface area contributed by atoms with Gasteiger partial charge in [-0.1, -0.05) is 0 Å². The Hall–Kier alpha value is -4.32. The lowest BCUT2D eigenvalue weighted by atomic mass is 10.0. The highest BCUT2D eigenvalue weighted by molar-refractivity contribution is 6.14. The average molecular weight is 561 g/mol. The van der Waals surface area contributed by atoms with Crippen LogP contribution in [-0.2, 0) is 11.8 Å². The number of halogens is 1. The first-order valence-corrected chi connectivity index (χ1v) is 13.9. The quantitative estimate of drug-likeness (QED) is 0.328. The summed E-state index contributed by atoms with van der Waals surface area (Å²) in [6.45, 7) is 6.08. The molecule has 2 aromatic heterocycles. The minimum absolute atomic E-state index is 0.00765. The minimum atomic E-state index is -0.520. The van der Waals surface area contributed by atoms with Crippen molar-refractivity contribution in [1.29, 1.82) is 0 Å². The standard InChI is InChI=1S/C29H33FN8O3/c1-16-12-38(13-17(2)32-16)24-8-7-21(28(40)34-20-9-18-14-37(3)36-26(18)23(30)10-20)27-22(24)11-31-29(35-27)41-15-19-5-4-6-25(39)33-19/h7-11,14,16-17,19,32H,4-6,12-13,15H2,1-3H3,(H,33,39)(H,34,40)/t16-,17-,19?/m1/s1. The molecule has 2 amide bonds. The van der Waals surface area contributed by atoms with Gasteiger partial charge in [0.15, 0.2) is 5.82 Å². The Bertz CT molecular complexity index is 1630. The van der Waals surface area contributed by atoms with Crippen LogP contribution in [-0.4, -0.2) is 69.4 Å². The second kappa shape index (κ2) is 10.9. The topological polar surface area (TPSA) is 126 Å². The van der Waals surface area contributed by atoms with Crippen molar-refractivity contribution < 1.29 is 18.7 Å². The number of nitrogens with zero attached hydrogens (tertiary/aromatic N) is 5. The van der Waals surface area contributed by atoms with Crippen molar-refractivity contribution in [2.45, 2.75) is 51.2 Å². The van der Waals surface area contributed by atoms with Crippen LogP contribution in [0.2, 0.25) is 0 Å². The zero-order valence-electron chi connectivity index (χ0n) is 23.3. The van der Waals surface area contributed by atoms with Gasteiger partial charge in [0.1, 0.15) is 12.1 Å². The molecule has 4 aromatic rings. The number of hydrogen-bond donors (Lipinski definition) is 3. The number of aromatic nitrogens is 4. The summed E-state index contributed by atoms with van der Waals surface area (Å²) in [6, 6.07) is 7.15. The predicted octanol–water partition coefficient (Wildman–Crippen LogP) is 3.14. The van der Waals surface area contributed by atoms with Crippen LogP contribution < -0.4 is 25.6 Å². The number of anilines is 2. The van der Waals surface area contributed by atoms with E-state index in [9.17, 15) is 14.0 Å². The number of nitrogens with one attached hydrogen (secondary N) is 3. The molecular formula is C29H33FN8O3. The van der Waals surface area contributed by atoms with Crippen molar-refractivity contribution in [3.8, 4) is 6.01 Å². The van der Waals surface area contributed by atoms with Crippen LogP contribution >= 0.6 is 0 Å². The molecule has 0 aliphatic carbocycles. The maximum atomic E-state index is 14.7.